The van der Waals surface area contributed by atoms with Crippen molar-refractivity contribution in [3.05, 3.63) is 35.7 Å². The molecule has 3 heteroatoms. The van der Waals surface area contributed by atoms with Gasteiger partial charge >= 0.3 is 0 Å². The van der Waals surface area contributed by atoms with Crippen LogP contribution >= 0.6 is 0 Å². The molecule has 0 unspecified atom stereocenters. The molecule has 1 aromatic heterocycles. The van der Waals surface area contributed by atoms with Gasteiger partial charge in [0.25, 0.3) is 0 Å². The number of rotatable bonds is 2. The third-order valence-electron chi connectivity index (χ3n) is 2.60. The van der Waals surface area contributed by atoms with Crippen LogP contribution < -0.4 is 0 Å². The summed E-state index contributed by atoms with van der Waals surface area (Å²) in [7, 11) is 1.91. The van der Waals surface area contributed by atoms with Gasteiger partial charge < -0.3 is 0 Å². The number of nitrogens with zero attached hydrogens (tertiary/aromatic N) is 3. The van der Waals surface area contributed by atoms with Crippen LogP contribution in [0.25, 0.3) is 11.4 Å². The molecule has 3 nitrogen and oxygen atoms in total. The first-order chi connectivity index (χ1) is 7.20. The van der Waals surface area contributed by atoms with Gasteiger partial charge in [0.2, 0.25) is 0 Å². The Bertz CT molecular complexity index is 435. The van der Waals surface area contributed by atoms with Crippen molar-refractivity contribution in [1.29, 1.82) is 0 Å². The van der Waals surface area contributed by atoms with Crippen molar-refractivity contribution in [2.75, 3.05) is 0 Å². The molecule has 0 spiro atoms. The predicted octanol–water partition coefficient (Wildman–Crippen LogP) is 2.35. The van der Waals surface area contributed by atoms with Crippen LogP contribution in [-0.4, -0.2) is 14.8 Å². The third-order valence-corrected chi connectivity index (χ3v) is 2.60. The fourth-order valence-electron chi connectivity index (χ4n) is 1.47. The average molecular weight is 201 g/mol. The first-order valence-corrected chi connectivity index (χ1v) is 5.17. The SMILES string of the molecule is CCc1ccc(-c2nc(C)n(C)n2)cc1. The van der Waals surface area contributed by atoms with Gasteiger partial charge in [-0.15, -0.1) is 0 Å². The van der Waals surface area contributed by atoms with Crippen LogP contribution in [0.2, 0.25) is 0 Å². The number of hydrogen-bond acceptors (Lipinski definition) is 2. The van der Waals surface area contributed by atoms with Crippen LogP contribution in [0.4, 0.5) is 0 Å². The molecule has 1 heterocycles. The quantitative estimate of drug-likeness (QED) is 0.746. The summed E-state index contributed by atoms with van der Waals surface area (Å²) >= 11 is 0. The second kappa shape index (κ2) is 3.85. The Kier molecular flexibility index (Phi) is 2.54. The van der Waals surface area contributed by atoms with E-state index in [9.17, 15) is 0 Å². The zero-order valence-corrected chi connectivity index (χ0v) is 9.36. The molecule has 0 N–H and O–H groups in total. The van der Waals surface area contributed by atoms with Gasteiger partial charge in [0.05, 0.1) is 0 Å². The summed E-state index contributed by atoms with van der Waals surface area (Å²) in [5, 5.41) is 4.34. The maximum atomic E-state index is 4.39. The fraction of sp³-hybridized carbons (Fsp3) is 0.333. The summed E-state index contributed by atoms with van der Waals surface area (Å²) < 4.78 is 1.79. The van der Waals surface area contributed by atoms with Gasteiger partial charge in [0.1, 0.15) is 5.82 Å². The number of hydrogen-bond donors (Lipinski definition) is 0. The second-order valence-corrected chi connectivity index (χ2v) is 3.66. The van der Waals surface area contributed by atoms with Crippen LogP contribution in [0.3, 0.4) is 0 Å². The second-order valence-electron chi connectivity index (χ2n) is 3.66. The highest BCUT2D eigenvalue weighted by Gasteiger charge is 2.05. The molecular formula is C12H15N3. The Morgan fingerprint density at radius 3 is 2.33 bits per heavy atom. The highest BCUT2D eigenvalue weighted by Crippen LogP contribution is 2.16. The predicted molar refractivity (Wildman–Crippen MR) is 60.6 cm³/mol. The van der Waals surface area contributed by atoms with E-state index in [0.717, 1.165) is 23.6 Å². The molecule has 1 aromatic carbocycles. The summed E-state index contributed by atoms with van der Waals surface area (Å²) in [4.78, 5) is 4.39. The summed E-state index contributed by atoms with van der Waals surface area (Å²) in [6.45, 7) is 4.11. The van der Waals surface area contributed by atoms with E-state index < -0.39 is 0 Å². The molecular weight excluding hydrogens is 186 g/mol. The molecule has 0 aliphatic heterocycles. The summed E-state index contributed by atoms with van der Waals surface area (Å²) in [6, 6.07) is 8.41. The van der Waals surface area contributed by atoms with Crippen molar-refractivity contribution in [2.45, 2.75) is 20.3 Å². The van der Waals surface area contributed by atoms with Crippen LogP contribution in [0.5, 0.6) is 0 Å². The van der Waals surface area contributed by atoms with Crippen LogP contribution in [-0.2, 0) is 13.5 Å². The minimum absolute atomic E-state index is 0.803. The largest absolute Gasteiger partial charge is 0.253 e. The first-order valence-electron chi connectivity index (χ1n) is 5.17. The van der Waals surface area contributed by atoms with Crippen LogP contribution in [0, 0.1) is 6.92 Å². The summed E-state index contributed by atoms with van der Waals surface area (Å²) in [5.74, 6) is 1.74. The van der Waals surface area contributed by atoms with E-state index in [-0.39, 0.29) is 0 Å². The lowest BCUT2D eigenvalue weighted by atomic mass is 10.1. The molecule has 0 aliphatic carbocycles. The number of aryl methyl sites for hydroxylation is 3. The first kappa shape index (κ1) is 9.90. The van der Waals surface area contributed by atoms with Crippen molar-refractivity contribution in [3.8, 4) is 11.4 Å². The smallest absolute Gasteiger partial charge is 0.181 e. The molecule has 0 bridgehead atoms. The molecule has 15 heavy (non-hydrogen) atoms. The van der Waals surface area contributed by atoms with E-state index in [0.29, 0.717) is 0 Å². The zero-order chi connectivity index (χ0) is 10.8. The minimum atomic E-state index is 0.803. The lowest BCUT2D eigenvalue weighted by Gasteiger charge is -1.97. The van der Waals surface area contributed by atoms with Crippen molar-refractivity contribution in [1.82, 2.24) is 14.8 Å². The lowest BCUT2D eigenvalue weighted by molar-refractivity contribution is 0.736. The van der Waals surface area contributed by atoms with Crippen LogP contribution in [0.15, 0.2) is 24.3 Å². The molecule has 0 saturated heterocycles. The lowest BCUT2D eigenvalue weighted by Crippen LogP contribution is -1.92. The monoisotopic (exact) mass is 201 g/mol. The molecule has 0 amide bonds. The highest BCUT2D eigenvalue weighted by molar-refractivity contribution is 5.54. The fourth-order valence-corrected chi connectivity index (χ4v) is 1.47. The topological polar surface area (TPSA) is 30.7 Å². The van der Waals surface area contributed by atoms with Crippen molar-refractivity contribution in [2.24, 2.45) is 7.05 Å². The number of benzene rings is 1. The third kappa shape index (κ3) is 1.91. The van der Waals surface area contributed by atoms with Crippen molar-refractivity contribution >= 4 is 0 Å². The number of aromatic nitrogens is 3. The van der Waals surface area contributed by atoms with Crippen LogP contribution in [0.1, 0.15) is 18.3 Å². The zero-order valence-electron chi connectivity index (χ0n) is 9.36. The van der Waals surface area contributed by atoms with Gasteiger partial charge in [-0.1, -0.05) is 31.2 Å². The molecule has 2 rings (SSSR count). The van der Waals surface area contributed by atoms with Crippen molar-refractivity contribution in [3.63, 3.8) is 0 Å². The highest BCUT2D eigenvalue weighted by atomic mass is 15.3. The molecule has 0 fully saturated rings. The van der Waals surface area contributed by atoms with Gasteiger partial charge in [-0.2, -0.15) is 5.10 Å². The minimum Gasteiger partial charge on any atom is -0.253 e. The Morgan fingerprint density at radius 1 is 1.20 bits per heavy atom. The molecule has 0 aliphatic rings. The summed E-state index contributed by atoms with van der Waals surface area (Å²) in [5.41, 5.74) is 2.42. The van der Waals surface area contributed by atoms with Gasteiger partial charge in [-0.3, -0.25) is 4.68 Å². The van der Waals surface area contributed by atoms with Gasteiger partial charge in [-0.05, 0) is 18.9 Å². The maximum absolute atomic E-state index is 4.39. The average Bonchev–Trinajstić information content (AvgIpc) is 2.59. The summed E-state index contributed by atoms with van der Waals surface area (Å²) in [6.07, 6.45) is 1.06. The van der Waals surface area contributed by atoms with E-state index >= 15 is 0 Å². The molecule has 0 saturated carbocycles. The Morgan fingerprint density at radius 2 is 1.87 bits per heavy atom. The molecule has 0 atom stereocenters. The van der Waals surface area contributed by atoms with E-state index in [4.69, 9.17) is 0 Å². The molecule has 2 aromatic rings. The Labute approximate surface area is 89.8 Å². The van der Waals surface area contributed by atoms with E-state index in [1.165, 1.54) is 5.56 Å². The van der Waals surface area contributed by atoms with E-state index in [1.807, 2.05) is 14.0 Å². The van der Waals surface area contributed by atoms with Gasteiger partial charge in [-0.25, -0.2) is 4.98 Å². The maximum Gasteiger partial charge on any atom is 0.181 e. The van der Waals surface area contributed by atoms with Crippen molar-refractivity contribution < 1.29 is 0 Å². The Hall–Kier alpha value is -1.64. The van der Waals surface area contributed by atoms with Gasteiger partial charge in [0.15, 0.2) is 5.82 Å². The Balaban J connectivity index is 2.37. The molecule has 0 radical (unpaired) electrons. The standard InChI is InChI=1S/C12H15N3/c1-4-10-5-7-11(8-6-10)12-13-9(2)15(3)14-12/h5-8H,4H2,1-3H3. The van der Waals surface area contributed by atoms with Gasteiger partial charge in [0, 0.05) is 12.6 Å². The molecule has 78 valence electrons. The van der Waals surface area contributed by atoms with E-state index in [1.54, 1.807) is 4.68 Å². The normalized spacial score (nSPS) is 10.6. The van der Waals surface area contributed by atoms with E-state index in [2.05, 4.69) is 41.3 Å².